The summed E-state index contributed by atoms with van der Waals surface area (Å²) >= 11 is 0. The number of halogens is 3. The standard InChI is InChI=1S/C16H17F3N4O3/c17-16(18,19)15-21-10-5-4-9(7-11(10)22-15)20-13(24)8-23-6-2-1-3-12(23)14(25)26/h4-5,7,12H,1-3,6,8H2,(H,20,24)(H,21,22)(H,25,26). The average Bonchev–Trinajstić information content (AvgIpc) is 2.98. The summed E-state index contributed by atoms with van der Waals surface area (Å²) in [6, 6.07) is 3.49. The Morgan fingerprint density at radius 2 is 2.12 bits per heavy atom. The van der Waals surface area contributed by atoms with Crippen LogP contribution in [0.5, 0.6) is 0 Å². The maximum Gasteiger partial charge on any atom is 0.449 e. The highest BCUT2D eigenvalue weighted by Crippen LogP contribution is 2.29. The second-order valence-electron chi connectivity index (χ2n) is 6.18. The van der Waals surface area contributed by atoms with Crippen molar-refractivity contribution in [1.29, 1.82) is 0 Å². The van der Waals surface area contributed by atoms with Crippen LogP contribution in [0.15, 0.2) is 18.2 Å². The largest absolute Gasteiger partial charge is 0.480 e. The van der Waals surface area contributed by atoms with Crippen molar-refractivity contribution >= 4 is 28.6 Å². The topological polar surface area (TPSA) is 98.3 Å². The second kappa shape index (κ2) is 6.94. The van der Waals surface area contributed by atoms with Crippen molar-refractivity contribution in [2.75, 3.05) is 18.4 Å². The van der Waals surface area contributed by atoms with Gasteiger partial charge in [-0.25, -0.2) is 4.98 Å². The highest BCUT2D eigenvalue weighted by Gasteiger charge is 2.34. The molecule has 0 bridgehead atoms. The normalized spacial score (nSPS) is 18.8. The van der Waals surface area contributed by atoms with Crippen LogP contribution in [0.4, 0.5) is 18.9 Å². The Bertz CT molecular complexity index is 834. The molecule has 1 fully saturated rings. The third-order valence-electron chi connectivity index (χ3n) is 4.28. The van der Waals surface area contributed by atoms with Crippen LogP contribution in [0.2, 0.25) is 0 Å². The van der Waals surface area contributed by atoms with Crippen molar-refractivity contribution in [3.8, 4) is 0 Å². The first kappa shape index (κ1) is 18.2. The predicted octanol–water partition coefficient (Wildman–Crippen LogP) is 2.46. The van der Waals surface area contributed by atoms with Crippen LogP contribution in [-0.2, 0) is 15.8 Å². The first-order chi connectivity index (χ1) is 12.2. The maximum absolute atomic E-state index is 12.7. The SMILES string of the molecule is O=C(CN1CCCCC1C(=O)O)Nc1ccc2nc(C(F)(F)F)[nH]c2c1. The molecule has 3 N–H and O–H groups in total. The van der Waals surface area contributed by atoms with Gasteiger partial charge in [0.25, 0.3) is 0 Å². The van der Waals surface area contributed by atoms with Crippen molar-refractivity contribution in [3.05, 3.63) is 24.0 Å². The van der Waals surface area contributed by atoms with Crippen molar-refractivity contribution in [1.82, 2.24) is 14.9 Å². The van der Waals surface area contributed by atoms with Gasteiger partial charge in [-0.2, -0.15) is 13.2 Å². The van der Waals surface area contributed by atoms with Crippen molar-refractivity contribution in [2.24, 2.45) is 0 Å². The number of aromatic amines is 1. The predicted molar refractivity (Wildman–Crippen MR) is 86.6 cm³/mol. The molecule has 1 atom stereocenters. The lowest BCUT2D eigenvalue weighted by Crippen LogP contribution is -2.47. The zero-order valence-corrected chi connectivity index (χ0v) is 13.6. The number of alkyl halides is 3. The van der Waals surface area contributed by atoms with Gasteiger partial charge in [-0.1, -0.05) is 6.42 Å². The lowest BCUT2D eigenvalue weighted by atomic mass is 10.0. The van der Waals surface area contributed by atoms with Crippen LogP contribution in [0, 0.1) is 0 Å². The van der Waals surface area contributed by atoms with Crippen LogP contribution < -0.4 is 5.32 Å². The molecule has 1 aromatic heterocycles. The molecule has 2 heterocycles. The highest BCUT2D eigenvalue weighted by atomic mass is 19.4. The fourth-order valence-electron chi connectivity index (χ4n) is 3.07. The molecule has 10 heteroatoms. The molecule has 0 radical (unpaired) electrons. The Kier molecular flexibility index (Phi) is 4.86. The molecular formula is C16H17F3N4O3. The Hall–Kier alpha value is -2.62. The number of carbonyl (C=O) groups excluding carboxylic acids is 1. The number of carboxylic acids is 1. The number of imidazole rings is 1. The van der Waals surface area contributed by atoms with E-state index in [0.717, 1.165) is 12.8 Å². The van der Waals surface area contributed by atoms with Crippen LogP contribution in [0.25, 0.3) is 11.0 Å². The number of carboxylic acid groups (broad SMARTS) is 1. The van der Waals surface area contributed by atoms with Crippen molar-refractivity contribution in [3.63, 3.8) is 0 Å². The number of likely N-dealkylation sites (tertiary alicyclic amines) is 1. The quantitative estimate of drug-likeness (QED) is 0.768. The number of nitrogens with zero attached hydrogens (tertiary/aromatic N) is 2. The number of benzene rings is 1. The number of aromatic nitrogens is 2. The van der Waals surface area contributed by atoms with E-state index in [1.54, 1.807) is 4.90 Å². The summed E-state index contributed by atoms with van der Waals surface area (Å²) in [6.07, 6.45) is -2.48. The molecule has 7 nitrogen and oxygen atoms in total. The minimum absolute atomic E-state index is 0.0915. The molecule has 3 rings (SSSR count). The number of amides is 1. The molecule has 26 heavy (non-hydrogen) atoms. The first-order valence-corrected chi connectivity index (χ1v) is 8.08. The molecule has 2 aromatic rings. The number of hydrogen-bond acceptors (Lipinski definition) is 4. The molecule has 0 saturated carbocycles. The fourth-order valence-corrected chi connectivity index (χ4v) is 3.07. The summed E-state index contributed by atoms with van der Waals surface area (Å²) in [5.74, 6) is -2.49. The van der Waals surface area contributed by atoms with Gasteiger partial charge in [0.2, 0.25) is 11.7 Å². The third-order valence-corrected chi connectivity index (χ3v) is 4.28. The van der Waals surface area contributed by atoms with Gasteiger partial charge in [0.15, 0.2) is 0 Å². The van der Waals surface area contributed by atoms with E-state index in [0.29, 0.717) is 18.7 Å². The Morgan fingerprint density at radius 1 is 1.35 bits per heavy atom. The number of aliphatic carboxylic acids is 1. The van der Waals surface area contributed by atoms with Gasteiger partial charge in [-0.3, -0.25) is 14.5 Å². The lowest BCUT2D eigenvalue weighted by molar-refractivity contribution is -0.145. The minimum Gasteiger partial charge on any atom is -0.480 e. The monoisotopic (exact) mass is 370 g/mol. The van der Waals surface area contributed by atoms with E-state index >= 15 is 0 Å². The van der Waals surface area contributed by atoms with Crippen LogP contribution >= 0.6 is 0 Å². The number of nitrogens with one attached hydrogen (secondary N) is 2. The molecule has 1 aliphatic heterocycles. The van der Waals surface area contributed by atoms with Gasteiger partial charge in [-0.05, 0) is 37.6 Å². The number of hydrogen-bond donors (Lipinski definition) is 3. The Balaban J connectivity index is 1.69. The smallest absolute Gasteiger partial charge is 0.449 e. The van der Waals surface area contributed by atoms with E-state index in [2.05, 4.69) is 15.3 Å². The highest BCUT2D eigenvalue weighted by molar-refractivity contribution is 5.94. The zero-order valence-electron chi connectivity index (χ0n) is 13.6. The van der Waals surface area contributed by atoms with Gasteiger partial charge < -0.3 is 15.4 Å². The molecule has 1 saturated heterocycles. The van der Waals surface area contributed by atoms with E-state index in [9.17, 15) is 27.9 Å². The summed E-state index contributed by atoms with van der Waals surface area (Å²) < 4.78 is 38.0. The number of rotatable bonds is 4. The molecule has 0 spiro atoms. The van der Waals surface area contributed by atoms with E-state index in [-0.39, 0.29) is 17.6 Å². The second-order valence-corrected chi connectivity index (χ2v) is 6.18. The van der Waals surface area contributed by atoms with Gasteiger partial charge >= 0.3 is 12.1 Å². The molecule has 140 valence electrons. The van der Waals surface area contributed by atoms with Gasteiger partial charge in [0, 0.05) is 5.69 Å². The Labute approximate surface area is 146 Å². The fraction of sp³-hybridized carbons (Fsp3) is 0.438. The summed E-state index contributed by atoms with van der Waals surface area (Å²) in [5.41, 5.74) is 0.595. The van der Waals surface area contributed by atoms with Gasteiger partial charge in [0.05, 0.1) is 17.6 Å². The van der Waals surface area contributed by atoms with E-state index in [4.69, 9.17) is 0 Å². The van der Waals surface area contributed by atoms with E-state index < -0.39 is 29.9 Å². The van der Waals surface area contributed by atoms with E-state index in [1.165, 1.54) is 18.2 Å². The number of H-pyrrole nitrogens is 1. The number of carbonyl (C=O) groups is 2. The summed E-state index contributed by atoms with van der Waals surface area (Å²) in [7, 11) is 0. The van der Waals surface area contributed by atoms with Crippen molar-refractivity contribution in [2.45, 2.75) is 31.5 Å². The molecule has 1 aromatic carbocycles. The zero-order chi connectivity index (χ0) is 18.9. The summed E-state index contributed by atoms with van der Waals surface area (Å²) in [6.45, 7) is 0.421. The first-order valence-electron chi connectivity index (χ1n) is 8.08. The average molecular weight is 370 g/mol. The number of piperidine rings is 1. The van der Waals surface area contributed by atoms with Crippen molar-refractivity contribution < 1.29 is 27.9 Å². The van der Waals surface area contributed by atoms with Crippen LogP contribution in [0.3, 0.4) is 0 Å². The van der Waals surface area contributed by atoms with Crippen LogP contribution in [-0.4, -0.2) is 51.0 Å². The molecule has 1 unspecified atom stereocenters. The molecule has 1 amide bonds. The molecular weight excluding hydrogens is 353 g/mol. The number of anilines is 1. The van der Waals surface area contributed by atoms with Gasteiger partial charge in [-0.15, -0.1) is 0 Å². The number of fused-ring (bicyclic) bond motifs is 1. The van der Waals surface area contributed by atoms with E-state index in [1.807, 2.05) is 0 Å². The third kappa shape index (κ3) is 3.96. The molecule has 0 aliphatic carbocycles. The molecule has 1 aliphatic rings. The lowest BCUT2D eigenvalue weighted by Gasteiger charge is -2.32. The van der Waals surface area contributed by atoms with Crippen LogP contribution in [0.1, 0.15) is 25.1 Å². The Morgan fingerprint density at radius 3 is 2.81 bits per heavy atom. The maximum atomic E-state index is 12.7. The summed E-state index contributed by atoms with van der Waals surface area (Å²) in [5, 5.41) is 11.8. The van der Waals surface area contributed by atoms with Gasteiger partial charge in [0.1, 0.15) is 6.04 Å². The summed E-state index contributed by atoms with van der Waals surface area (Å²) in [4.78, 5) is 30.7. The minimum atomic E-state index is -4.58.